The summed E-state index contributed by atoms with van der Waals surface area (Å²) in [6, 6.07) is 3.32. The second-order valence-corrected chi connectivity index (χ2v) is 5.93. The van der Waals surface area contributed by atoms with E-state index in [1.165, 1.54) is 12.1 Å². The van der Waals surface area contributed by atoms with Crippen molar-refractivity contribution in [2.24, 2.45) is 5.92 Å². The van der Waals surface area contributed by atoms with Gasteiger partial charge in [0.05, 0.1) is 12.2 Å². The first kappa shape index (κ1) is 16.3. The van der Waals surface area contributed by atoms with Gasteiger partial charge in [-0.3, -0.25) is 4.79 Å². The highest BCUT2D eigenvalue weighted by molar-refractivity contribution is 9.10. The monoisotopic (exact) mass is 365 g/mol. The van der Waals surface area contributed by atoms with Crippen LogP contribution in [-0.4, -0.2) is 25.2 Å². The van der Waals surface area contributed by atoms with E-state index >= 15 is 0 Å². The molecule has 0 aliphatic carbocycles. The maximum Gasteiger partial charge on any atom is 0.417 e. The fourth-order valence-corrected chi connectivity index (χ4v) is 2.71. The zero-order chi connectivity index (χ0) is 15.6. The molecule has 116 valence electrons. The molecule has 2 unspecified atom stereocenters. The van der Waals surface area contributed by atoms with Gasteiger partial charge >= 0.3 is 6.18 Å². The Balaban J connectivity index is 2.12. The molecule has 1 aliphatic heterocycles. The van der Waals surface area contributed by atoms with E-state index in [0.29, 0.717) is 13.2 Å². The minimum absolute atomic E-state index is 0.00343. The Hall–Kier alpha value is -1.08. The van der Waals surface area contributed by atoms with Crippen molar-refractivity contribution in [3.8, 4) is 0 Å². The first-order chi connectivity index (χ1) is 9.79. The lowest BCUT2D eigenvalue weighted by atomic mass is 10.00. The van der Waals surface area contributed by atoms with Gasteiger partial charge in [0.25, 0.3) is 5.91 Å². The molecule has 2 atom stereocenters. The van der Waals surface area contributed by atoms with Crippen LogP contribution in [0, 0.1) is 5.92 Å². The van der Waals surface area contributed by atoms with Crippen molar-refractivity contribution in [3.05, 3.63) is 33.8 Å². The summed E-state index contributed by atoms with van der Waals surface area (Å²) in [6.07, 6.45) is -3.66. The van der Waals surface area contributed by atoms with Crippen molar-refractivity contribution in [1.82, 2.24) is 5.32 Å². The van der Waals surface area contributed by atoms with Crippen LogP contribution in [0.25, 0.3) is 0 Å². The van der Waals surface area contributed by atoms with E-state index in [1.807, 2.05) is 6.92 Å². The maximum absolute atomic E-state index is 12.8. The number of carbonyl (C=O) groups excluding carboxylic acids is 1. The van der Waals surface area contributed by atoms with Gasteiger partial charge in [-0.05, 0) is 31.5 Å². The van der Waals surface area contributed by atoms with Crippen LogP contribution in [0.1, 0.15) is 29.3 Å². The van der Waals surface area contributed by atoms with Gasteiger partial charge in [-0.1, -0.05) is 15.9 Å². The second-order valence-electron chi connectivity index (χ2n) is 5.08. The third-order valence-corrected chi connectivity index (χ3v) is 4.26. The lowest BCUT2D eigenvalue weighted by Crippen LogP contribution is -2.38. The summed E-state index contributed by atoms with van der Waals surface area (Å²) < 4.78 is 43.6. The van der Waals surface area contributed by atoms with Gasteiger partial charge in [0.1, 0.15) is 0 Å². The van der Waals surface area contributed by atoms with Crippen LogP contribution >= 0.6 is 15.9 Å². The van der Waals surface area contributed by atoms with Crippen LogP contribution in [0.4, 0.5) is 13.2 Å². The van der Waals surface area contributed by atoms with Crippen LogP contribution in [0.2, 0.25) is 0 Å². The number of hydrogen-bond donors (Lipinski definition) is 1. The quantitative estimate of drug-likeness (QED) is 0.888. The smallest absolute Gasteiger partial charge is 0.381 e. The SMILES string of the molecule is CC(NC(=O)c1ccc(Br)c(C(F)(F)F)c1)C1CCOC1. The van der Waals surface area contributed by atoms with E-state index in [4.69, 9.17) is 4.74 Å². The molecular formula is C14H15BrF3NO2. The minimum atomic E-state index is -4.50. The molecule has 0 bridgehead atoms. The molecule has 0 radical (unpaired) electrons. The van der Waals surface area contributed by atoms with Crippen LogP contribution < -0.4 is 5.32 Å². The predicted molar refractivity (Wildman–Crippen MR) is 75.0 cm³/mol. The second kappa shape index (κ2) is 6.36. The molecule has 1 N–H and O–H groups in total. The zero-order valence-corrected chi connectivity index (χ0v) is 12.9. The molecule has 1 aromatic carbocycles. The fourth-order valence-electron chi connectivity index (χ4n) is 2.24. The summed E-state index contributed by atoms with van der Waals surface area (Å²) in [6.45, 7) is 3.05. The van der Waals surface area contributed by atoms with Crippen LogP contribution in [-0.2, 0) is 10.9 Å². The predicted octanol–water partition coefficient (Wildman–Crippen LogP) is 3.62. The van der Waals surface area contributed by atoms with Crippen LogP contribution in [0.5, 0.6) is 0 Å². The maximum atomic E-state index is 12.8. The first-order valence-electron chi connectivity index (χ1n) is 6.54. The lowest BCUT2D eigenvalue weighted by Gasteiger charge is -2.19. The number of alkyl halides is 3. The van der Waals surface area contributed by atoms with Crippen molar-refractivity contribution in [2.75, 3.05) is 13.2 Å². The van der Waals surface area contributed by atoms with Crippen molar-refractivity contribution in [3.63, 3.8) is 0 Å². The fraction of sp³-hybridized carbons (Fsp3) is 0.500. The van der Waals surface area contributed by atoms with Gasteiger partial charge in [0, 0.05) is 28.6 Å². The standard InChI is InChI=1S/C14H15BrF3NO2/c1-8(10-4-5-21-7-10)19-13(20)9-2-3-12(15)11(6-9)14(16,17)18/h2-3,6,8,10H,4-5,7H2,1H3,(H,19,20). The number of carbonyl (C=O) groups is 1. The average molecular weight is 366 g/mol. The summed E-state index contributed by atoms with van der Waals surface area (Å²) in [7, 11) is 0. The lowest BCUT2D eigenvalue weighted by molar-refractivity contribution is -0.138. The molecule has 0 saturated carbocycles. The molecule has 1 amide bonds. The number of rotatable bonds is 3. The topological polar surface area (TPSA) is 38.3 Å². The molecule has 0 aromatic heterocycles. The summed E-state index contributed by atoms with van der Waals surface area (Å²) in [4.78, 5) is 12.1. The largest absolute Gasteiger partial charge is 0.417 e. The summed E-state index contributed by atoms with van der Waals surface area (Å²) in [5, 5.41) is 2.73. The molecule has 1 fully saturated rings. The Labute approximate surface area is 129 Å². The van der Waals surface area contributed by atoms with Gasteiger partial charge < -0.3 is 10.1 Å². The van der Waals surface area contributed by atoms with E-state index in [2.05, 4.69) is 21.2 Å². The molecule has 0 spiro atoms. The van der Waals surface area contributed by atoms with E-state index < -0.39 is 17.6 Å². The Kier molecular flexibility index (Phi) is 4.93. The summed E-state index contributed by atoms with van der Waals surface area (Å²) >= 11 is 2.85. The number of benzene rings is 1. The average Bonchev–Trinajstić information content (AvgIpc) is 2.91. The van der Waals surface area contributed by atoms with Gasteiger partial charge in [-0.15, -0.1) is 0 Å². The Bertz CT molecular complexity index is 527. The third-order valence-electron chi connectivity index (χ3n) is 3.56. The van der Waals surface area contributed by atoms with E-state index in [-0.39, 0.29) is 22.0 Å². The number of ether oxygens (including phenoxy) is 1. The Morgan fingerprint density at radius 1 is 1.48 bits per heavy atom. The third kappa shape index (κ3) is 3.97. The van der Waals surface area contributed by atoms with Crippen molar-refractivity contribution in [1.29, 1.82) is 0 Å². The molecule has 21 heavy (non-hydrogen) atoms. The number of halogens is 4. The Morgan fingerprint density at radius 2 is 2.19 bits per heavy atom. The van der Waals surface area contributed by atoms with Gasteiger partial charge in [0.2, 0.25) is 0 Å². The molecule has 1 heterocycles. The van der Waals surface area contributed by atoms with Crippen LogP contribution in [0.15, 0.2) is 22.7 Å². The summed E-state index contributed by atoms with van der Waals surface area (Å²) in [5.74, 6) is -0.307. The molecule has 2 rings (SSSR count). The van der Waals surface area contributed by atoms with Gasteiger partial charge in [0.15, 0.2) is 0 Å². The Morgan fingerprint density at radius 3 is 2.76 bits per heavy atom. The molecule has 1 aliphatic rings. The normalized spacial score (nSPS) is 20.3. The van der Waals surface area contributed by atoms with Crippen LogP contribution in [0.3, 0.4) is 0 Å². The zero-order valence-electron chi connectivity index (χ0n) is 11.3. The highest BCUT2D eigenvalue weighted by atomic mass is 79.9. The highest BCUT2D eigenvalue weighted by Crippen LogP contribution is 2.35. The number of amides is 1. The molecular weight excluding hydrogens is 351 g/mol. The minimum Gasteiger partial charge on any atom is -0.381 e. The van der Waals surface area contributed by atoms with Crippen molar-refractivity contribution < 1.29 is 22.7 Å². The highest BCUT2D eigenvalue weighted by Gasteiger charge is 2.34. The first-order valence-corrected chi connectivity index (χ1v) is 7.33. The van der Waals surface area contributed by atoms with Crippen molar-refractivity contribution >= 4 is 21.8 Å². The van der Waals surface area contributed by atoms with E-state index in [9.17, 15) is 18.0 Å². The molecule has 3 nitrogen and oxygen atoms in total. The van der Waals surface area contributed by atoms with Gasteiger partial charge in [-0.25, -0.2) is 0 Å². The number of hydrogen-bond acceptors (Lipinski definition) is 2. The van der Waals surface area contributed by atoms with Crippen molar-refractivity contribution in [2.45, 2.75) is 25.6 Å². The van der Waals surface area contributed by atoms with Gasteiger partial charge in [-0.2, -0.15) is 13.2 Å². The molecule has 1 saturated heterocycles. The van der Waals surface area contributed by atoms with E-state index in [0.717, 1.165) is 12.5 Å². The molecule has 7 heteroatoms. The number of nitrogens with one attached hydrogen (secondary N) is 1. The van der Waals surface area contributed by atoms with E-state index in [1.54, 1.807) is 0 Å². The summed E-state index contributed by atoms with van der Waals surface area (Å²) in [5.41, 5.74) is -0.858. The molecule has 1 aromatic rings.